The van der Waals surface area contributed by atoms with Crippen LogP contribution in [-0.4, -0.2) is 51.4 Å². The molecule has 1 atom stereocenters. The molecule has 0 bridgehead atoms. The number of hydrogen-bond donors (Lipinski definition) is 2. The van der Waals surface area contributed by atoms with Gasteiger partial charge in [-0.1, -0.05) is 18.2 Å². The van der Waals surface area contributed by atoms with Gasteiger partial charge in [-0.15, -0.1) is 0 Å². The minimum absolute atomic E-state index is 0.0298. The standard InChI is InChI=1S/C28H32N4O6S/c1-20(2)30-27(33)19-37-24-14-10-22(11-15-24)18-29-31-28(34)21(3)32(39(4,35)36)23-12-16-26(17-13-23)38-25-8-6-5-7-9-25/h5-18,20-21H,19H2,1-4H3,(H,30,33)(H,31,34)/b29-18-/t21-/m1/s1. The summed E-state index contributed by atoms with van der Waals surface area (Å²) in [6, 6.07) is 21.3. The number of nitrogens with one attached hydrogen (secondary N) is 2. The number of benzene rings is 3. The van der Waals surface area contributed by atoms with E-state index in [1.54, 1.807) is 60.7 Å². The van der Waals surface area contributed by atoms with E-state index >= 15 is 0 Å². The highest BCUT2D eigenvalue weighted by molar-refractivity contribution is 7.92. The molecule has 11 heteroatoms. The van der Waals surface area contributed by atoms with Gasteiger partial charge in [-0.3, -0.25) is 13.9 Å². The average Bonchev–Trinajstić information content (AvgIpc) is 2.88. The maximum absolute atomic E-state index is 12.8. The predicted octanol–water partition coefficient (Wildman–Crippen LogP) is 3.69. The summed E-state index contributed by atoms with van der Waals surface area (Å²) in [5, 5.41) is 6.69. The van der Waals surface area contributed by atoms with Crippen LogP contribution in [0.3, 0.4) is 0 Å². The van der Waals surface area contributed by atoms with Gasteiger partial charge >= 0.3 is 0 Å². The van der Waals surface area contributed by atoms with Crippen molar-refractivity contribution in [1.82, 2.24) is 10.7 Å². The summed E-state index contributed by atoms with van der Waals surface area (Å²) in [6.07, 6.45) is 2.45. The van der Waals surface area contributed by atoms with Crippen molar-refractivity contribution in [3.63, 3.8) is 0 Å². The Bertz CT molecular complexity index is 1380. The number of anilines is 1. The third-order valence-corrected chi connectivity index (χ3v) is 6.49. The van der Waals surface area contributed by atoms with E-state index in [1.807, 2.05) is 32.0 Å². The first-order valence-electron chi connectivity index (χ1n) is 12.2. The fourth-order valence-corrected chi connectivity index (χ4v) is 4.70. The lowest BCUT2D eigenvalue weighted by atomic mass is 10.2. The molecule has 3 rings (SSSR count). The van der Waals surface area contributed by atoms with Crippen molar-refractivity contribution in [2.75, 3.05) is 17.2 Å². The second kappa shape index (κ2) is 13.4. The van der Waals surface area contributed by atoms with E-state index in [1.165, 1.54) is 13.1 Å². The molecule has 0 aliphatic heterocycles. The van der Waals surface area contributed by atoms with Crippen molar-refractivity contribution in [3.8, 4) is 17.2 Å². The number of hydrogen-bond acceptors (Lipinski definition) is 7. The number of carbonyl (C=O) groups is 2. The zero-order chi connectivity index (χ0) is 28.4. The molecule has 2 N–H and O–H groups in total. The van der Waals surface area contributed by atoms with Crippen LogP contribution in [0.25, 0.3) is 0 Å². The predicted molar refractivity (Wildman–Crippen MR) is 151 cm³/mol. The quantitative estimate of drug-likeness (QED) is 0.261. The first-order chi connectivity index (χ1) is 18.5. The second-order valence-electron chi connectivity index (χ2n) is 8.96. The van der Waals surface area contributed by atoms with Gasteiger partial charge in [0.25, 0.3) is 11.8 Å². The molecule has 0 fully saturated rings. The van der Waals surface area contributed by atoms with Crippen LogP contribution in [0.5, 0.6) is 17.2 Å². The number of amides is 2. The molecule has 0 unspecified atom stereocenters. The Kier molecular flexibility index (Phi) is 10.0. The molecule has 0 aromatic heterocycles. The third-order valence-electron chi connectivity index (χ3n) is 5.25. The molecule has 206 valence electrons. The normalized spacial score (nSPS) is 12.1. The van der Waals surface area contributed by atoms with Crippen molar-refractivity contribution in [3.05, 3.63) is 84.4 Å². The number of hydrazone groups is 1. The molecule has 39 heavy (non-hydrogen) atoms. The van der Waals surface area contributed by atoms with Crippen molar-refractivity contribution in [2.24, 2.45) is 5.10 Å². The maximum Gasteiger partial charge on any atom is 0.263 e. The zero-order valence-electron chi connectivity index (χ0n) is 22.2. The molecular formula is C28H32N4O6S. The van der Waals surface area contributed by atoms with Gasteiger partial charge in [0.05, 0.1) is 18.2 Å². The number of sulfonamides is 1. The van der Waals surface area contributed by atoms with E-state index in [0.717, 1.165) is 10.6 Å². The van der Waals surface area contributed by atoms with Crippen molar-refractivity contribution in [1.29, 1.82) is 0 Å². The summed E-state index contributed by atoms with van der Waals surface area (Å²) in [5.41, 5.74) is 3.36. The Balaban J connectivity index is 1.60. The summed E-state index contributed by atoms with van der Waals surface area (Å²) < 4.78 is 37.3. The molecule has 2 amide bonds. The van der Waals surface area contributed by atoms with Crippen molar-refractivity contribution in [2.45, 2.75) is 32.9 Å². The molecule has 0 saturated heterocycles. The van der Waals surface area contributed by atoms with Crippen LogP contribution >= 0.6 is 0 Å². The molecule has 0 heterocycles. The van der Waals surface area contributed by atoms with E-state index in [4.69, 9.17) is 9.47 Å². The number of nitrogens with zero attached hydrogens (tertiary/aromatic N) is 2. The molecule has 3 aromatic rings. The summed E-state index contributed by atoms with van der Waals surface area (Å²) in [7, 11) is -3.80. The second-order valence-corrected chi connectivity index (χ2v) is 10.8. The van der Waals surface area contributed by atoms with Crippen molar-refractivity contribution < 1.29 is 27.5 Å². The molecule has 0 spiro atoms. The van der Waals surface area contributed by atoms with Crippen LogP contribution < -0.4 is 24.5 Å². The topological polar surface area (TPSA) is 126 Å². The fraction of sp³-hybridized carbons (Fsp3) is 0.250. The minimum Gasteiger partial charge on any atom is -0.484 e. The minimum atomic E-state index is -3.80. The Morgan fingerprint density at radius 1 is 0.897 bits per heavy atom. The van der Waals surface area contributed by atoms with Gasteiger partial charge in [0.15, 0.2) is 6.61 Å². The average molecular weight is 553 g/mol. The lowest BCUT2D eigenvalue weighted by Gasteiger charge is -2.27. The maximum atomic E-state index is 12.8. The third kappa shape index (κ3) is 9.15. The molecule has 0 saturated carbocycles. The number of rotatable bonds is 12. The molecule has 10 nitrogen and oxygen atoms in total. The molecule has 0 aliphatic rings. The zero-order valence-corrected chi connectivity index (χ0v) is 23.0. The van der Waals surface area contributed by atoms with Crippen LogP contribution in [0.2, 0.25) is 0 Å². The molecule has 3 aromatic carbocycles. The lowest BCUT2D eigenvalue weighted by molar-refractivity contribution is -0.123. The van der Waals surface area contributed by atoms with Gasteiger partial charge in [-0.25, -0.2) is 13.8 Å². The van der Waals surface area contributed by atoms with Crippen molar-refractivity contribution >= 4 is 33.7 Å². The molecule has 0 aliphatic carbocycles. The van der Waals surface area contributed by atoms with E-state index in [0.29, 0.717) is 28.5 Å². The van der Waals surface area contributed by atoms with E-state index < -0.39 is 22.0 Å². The van der Waals surface area contributed by atoms with Crippen LogP contribution in [0.15, 0.2) is 84.0 Å². The van der Waals surface area contributed by atoms with Crippen LogP contribution in [0.1, 0.15) is 26.3 Å². The Hall–Kier alpha value is -4.38. The molecular weight excluding hydrogens is 520 g/mol. The summed E-state index contributed by atoms with van der Waals surface area (Å²) >= 11 is 0. The van der Waals surface area contributed by atoms with Gasteiger partial charge in [-0.05, 0) is 87.0 Å². The Morgan fingerprint density at radius 2 is 1.49 bits per heavy atom. The van der Waals surface area contributed by atoms with E-state index in [9.17, 15) is 18.0 Å². The van der Waals surface area contributed by atoms with Gasteiger partial charge in [0.2, 0.25) is 10.0 Å². The van der Waals surface area contributed by atoms with E-state index in [2.05, 4.69) is 15.8 Å². The molecule has 0 radical (unpaired) electrons. The van der Waals surface area contributed by atoms with Crippen LogP contribution in [-0.2, 0) is 19.6 Å². The SMILES string of the molecule is CC(C)NC(=O)COc1ccc(/C=N\NC(=O)[C@@H](C)N(c2ccc(Oc3ccccc3)cc2)S(C)(=O)=O)cc1. The van der Waals surface area contributed by atoms with Gasteiger partial charge in [0, 0.05) is 6.04 Å². The highest BCUT2D eigenvalue weighted by atomic mass is 32.2. The monoisotopic (exact) mass is 552 g/mol. The van der Waals surface area contributed by atoms with Gasteiger partial charge in [-0.2, -0.15) is 5.10 Å². The number of carbonyl (C=O) groups excluding carboxylic acids is 2. The van der Waals surface area contributed by atoms with E-state index in [-0.39, 0.29) is 18.6 Å². The fourth-order valence-electron chi connectivity index (χ4n) is 3.52. The summed E-state index contributed by atoms with van der Waals surface area (Å²) in [6.45, 7) is 5.11. The number of para-hydroxylation sites is 1. The van der Waals surface area contributed by atoms with Gasteiger partial charge in [0.1, 0.15) is 23.3 Å². The summed E-state index contributed by atoms with van der Waals surface area (Å²) in [4.78, 5) is 24.5. The highest BCUT2D eigenvalue weighted by Crippen LogP contribution is 2.27. The first-order valence-corrected chi connectivity index (χ1v) is 14.1. The highest BCUT2D eigenvalue weighted by Gasteiger charge is 2.29. The van der Waals surface area contributed by atoms with Gasteiger partial charge < -0.3 is 14.8 Å². The largest absolute Gasteiger partial charge is 0.484 e. The Labute approximate surface area is 228 Å². The summed E-state index contributed by atoms with van der Waals surface area (Å²) in [5.74, 6) is 0.847. The Morgan fingerprint density at radius 3 is 2.08 bits per heavy atom. The van der Waals surface area contributed by atoms with Crippen LogP contribution in [0, 0.1) is 0 Å². The smallest absolute Gasteiger partial charge is 0.263 e. The van der Waals surface area contributed by atoms with Crippen LogP contribution in [0.4, 0.5) is 5.69 Å². The lowest BCUT2D eigenvalue weighted by Crippen LogP contribution is -2.46. The number of ether oxygens (including phenoxy) is 2. The first kappa shape index (κ1) is 29.2.